The van der Waals surface area contributed by atoms with Crippen LogP contribution in [0.5, 0.6) is 0 Å². The molecule has 3 rings (SSSR count). The minimum absolute atomic E-state index is 0.227. The molecule has 1 aliphatic heterocycles. The van der Waals surface area contributed by atoms with E-state index < -0.39 is 0 Å². The van der Waals surface area contributed by atoms with Crippen molar-refractivity contribution in [3.05, 3.63) is 17.5 Å². The van der Waals surface area contributed by atoms with Gasteiger partial charge < -0.3 is 10.2 Å². The number of piperidine rings is 1. The third-order valence-electron chi connectivity index (χ3n) is 5.06. The molecular weight excluding hydrogens is 288 g/mol. The Balaban J connectivity index is 1.47. The van der Waals surface area contributed by atoms with Crippen molar-refractivity contribution in [2.45, 2.75) is 58.9 Å². The van der Waals surface area contributed by atoms with E-state index in [1.54, 1.807) is 0 Å². The highest BCUT2D eigenvalue weighted by atomic mass is 16.1. The number of nitrogens with one attached hydrogen (secondary N) is 1. The summed E-state index contributed by atoms with van der Waals surface area (Å²) >= 11 is 0. The fourth-order valence-corrected chi connectivity index (χ4v) is 3.47. The molecule has 2 fully saturated rings. The Kier molecular flexibility index (Phi) is 4.83. The van der Waals surface area contributed by atoms with Crippen molar-refractivity contribution in [3.63, 3.8) is 0 Å². The van der Waals surface area contributed by atoms with Crippen molar-refractivity contribution in [1.29, 1.82) is 0 Å². The molecule has 2 aliphatic rings. The normalized spacial score (nSPS) is 20.4. The number of hydrogen-bond donors (Lipinski definition) is 1. The van der Waals surface area contributed by atoms with E-state index in [4.69, 9.17) is 0 Å². The van der Waals surface area contributed by atoms with E-state index in [1.165, 1.54) is 12.8 Å². The van der Waals surface area contributed by atoms with E-state index in [1.807, 2.05) is 19.9 Å². The molecule has 0 spiro atoms. The highest BCUT2D eigenvalue weighted by Gasteiger charge is 2.30. The van der Waals surface area contributed by atoms with E-state index in [-0.39, 0.29) is 5.91 Å². The quantitative estimate of drug-likeness (QED) is 0.907. The number of amides is 1. The Morgan fingerprint density at radius 3 is 2.39 bits per heavy atom. The smallest absolute Gasteiger partial charge is 0.225 e. The van der Waals surface area contributed by atoms with Gasteiger partial charge in [0.25, 0.3) is 0 Å². The highest BCUT2D eigenvalue weighted by molar-refractivity contribution is 5.76. The molecule has 1 aliphatic carbocycles. The van der Waals surface area contributed by atoms with Gasteiger partial charge in [0.15, 0.2) is 0 Å². The summed E-state index contributed by atoms with van der Waals surface area (Å²) in [7, 11) is 0. The predicted octanol–water partition coefficient (Wildman–Crippen LogP) is 2.61. The van der Waals surface area contributed by atoms with Gasteiger partial charge in [0, 0.05) is 36.9 Å². The van der Waals surface area contributed by atoms with Gasteiger partial charge in [-0.05, 0) is 64.4 Å². The third kappa shape index (κ3) is 4.43. The Hall–Kier alpha value is -1.65. The van der Waals surface area contributed by atoms with Crippen LogP contribution >= 0.6 is 0 Å². The Morgan fingerprint density at radius 1 is 1.22 bits per heavy atom. The Morgan fingerprint density at radius 2 is 1.83 bits per heavy atom. The second kappa shape index (κ2) is 6.85. The summed E-state index contributed by atoms with van der Waals surface area (Å²) in [5, 5.41) is 3.17. The van der Waals surface area contributed by atoms with Crippen LogP contribution in [0.15, 0.2) is 6.07 Å². The van der Waals surface area contributed by atoms with Gasteiger partial charge in [-0.15, -0.1) is 0 Å². The topological polar surface area (TPSA) is 58.1 Å². The molecule has 0 bridgehead atoms. The van der Waals surface area contributed by atoms with Crippen LogP contribution in [0.4, 0.5) is 5.95 Å². The van der Waals surface area contributed by atoms with Gasteiger partial charge in [-0.25, -0.2) is 9.97 Å². The van der Waals surface area contributed by atoms with Crippen LogP contribution in [0.1, 0.15) is 50.4 Å². The largest absolute Gasteiger partial charge is 0.353 e. The minimum Gasteiger partial charge on any atom is -0.353 e. The van der Waals surface area contributed by atoms with Crippen molar-refractivity contribution < 1.29 is 4.79 Å². The summed E-state index contributed by atoms with van der Waals surface area (Å²) in [6.07, 6.45) is 5.30. The zero-order valence-corrected chi connectivity index (χ0v) is 14.5. The minimum atomic E-state index is 0.227. The van der Waals surface area contributed by atoms with Crippen molar-refractivity contribution in [1.82, 2.24) is 15.3 Å². The van der Waals surface area contributed by atoms with E-state index in [0.29, 0.717) is 18.4 Å². The molecule has 1 aromatic rings. The maximum absolute atomic E-state index is 12.1. The summed E-state index contributed by atoms with van der Waals surface area (Å²) < 4.78 is 0. The second-order valence-corrected chi connectivity index (χ2v) is 7.28. The standard InChI is InChI=1S/C18H28N4O/c1-12-10-13(2)20-18(19-12)22-8-6-15(7-9-22)11-17(23)21-14(3)16-4-5-16/h10,14-16H,4-9,11H2,1-3H3,(H,21,23)/t14-/m0/s1. The van der Waals surface area contributed by atoms with Crippen LogP contribution < -0.4 is 10.2 Å². The van der Waals surface area contributed by atoms with E-state index in [0.717, 1.165) is 49.2 Å². The highest BCUT2D eigenvalue weighted by Crippen LogP contribution is 2.32. The number of rotatable bonds is 5. The van der Waals surface area contributed by atoms with Crippen molar-refractivity contribution in [2.75, 3.05) is 18.0 Å². The van der Waals surface area contributed by atoms with Gasteiger partial charge in [0.2, 0.25) is 11.9 Å². The number of carbonyl (C=O) groups is 1. The zero-order valence-electron chi connectivity index (χ0n) is 14.5. The molecule has 0 unspecified atom stereocenters. The van der Waals surface area contributed by atoms with Gasteiger partial charge >= 0.3 is 0 Å². The van der Waals surface area contributed by atoms with Gasteiger partial charge in [-0.3, -0.25) is 4.79 Å². The number of aryl methyl sites for hydroxylation is 2. The SMILES string of the molecule is Cc1cc(C)nc(N2CCC(CC(=O)N[C@@H](C)C3CC3)CC2)n1. The lowest BCUT2D eigenvalue weighted by Gasteiger charge is -2.32. The van der Waals surface area contributed by atoms with Crippen LogP contribution in [0.3, 0.4) is 0 Å². The van der Waals surface area contributed by atoms with Gasteiger partial charge in [-0.1, -0.05) is 0 Å². The number of hydrogen-bond acceptors (Lipinski definition) is 4. The first-order chi connectivity index (χ1) is 11.0. The molecule has 1 saturated heterocycles. The molecule has 5 nitrogen and oxygen atoms in total. The summed E-state index contributed by atoms with van der Waals surface area (Å²) in [6.45, 7) is 8.04. The lowest BCUT2D eigenvalue weighted by Crippen LogP contribution is -2.39. The summed E-state index contributed by atoms with van der Waals surface area (Å²) in [4.78, 5) is 23.5. The second-order valence-electron chi connectivity index (χ2n) is 7.28. The predicted molar refractivity (Wildman–Crippen MR) is 91.4 cm³/mol. The zero-order chi connectivity index (χ0) is 16.4. The van der Waals surface area contributed by atoms with Crippen molar-refractivity contribution >= 4 is 11.9 Å². The summed E-state index contributed by atoms with van der Waals surface area (Å²) in [6, 6.07) is 2.35. The van der Waals surface area contributed by atoms with Crippen LogP contribution in [0, 0.1) is 25.7 Å². The first-order valence-electron chi connectivity index (χ1n) is 8.88. The maximum atomic E-state index is 12.1. The molecule has 2 heterocycles. The van der Waals surface area contributed by atoms with Gasteiger partial charge in [0.05, 0.1) is 0 Å². The Labute approximate surface area is 138 Å². The number of anilines is 1. The Bertz CT molecular complexity index is 542. The molecule has 0 aromatic carbocycles. The molecule has 1 atom stereocenters. The lowest BCUT2D eigenvalue weighted by molar-refractivity contribution is -0.122. The van der Waals surface area contributed by atoms with E-state index in [9.17, 15) is 4.79 Å². The summed E-state index contributed by atoms with van der Waals surface area (Å²) in [5.74, 6) is 2.28. The molecule has 1 aromatic heterocycles. The number of carbonyl (C=O) groups excluding carboxylic acids is 1. The lowest BCUT2D eigenvalue weighted by atomic mass is 9.93. The van der Waals surface area contributed by atoms with Crippen LogP contribution in [-0.2, 0) is 4.79 Å². The van der Waals surface area contributed by atoms with Gasteiger partial charge in [0.1, 0.15) is 0 Å². The molecule has 5 heteroatoms. The summed E-state index contributed by atoms with van der Waals surface area (Å²) in [5.41, 5.74) is 2.03. The molecule has 126 valence electrons. The maximum Gasteiger partial charge on any atom is 0.225 e. The monoisotopic (exact) mass is 316 g/mol. The molecular formula is C18H28N4O. The molecule has 1 amide bonds. The molecule has 0 radical (unpaired) electrons. The fourth-order valence-electron chi connectivity index (χ4n) is 3.47. The molecule has 1 saturated carbocycles. The molecule has 1 N–H and O–H groups in total. The van der Waals surface area contributed by atoms with Crippen molar-refractivity contribution in [3.8, 4) is 0 Å². The number of aromatic nitrogens is 2. The van der Waals surface area contributed by atoms with Crippen molar-refractivity contribution in [2.24, 2.45) is 11.8 Å². The van der Waals surface area contributed by atoms with E-state index in [2.05, 4.69) is 27.1 Å². The van der Waals surface area contributed by atoms with Crippen LogP contribution in [0.25, 0.3) is 0 Å². The average molecular weight is 316 g/mol. The number of nitrogens with zero attached hydrogens (tertiary/aromatic N) is 3. The van der Waals surface area contributed by atoms with E-state index >= 15 is 0 Å². The van der Waals surface area contributed by atoms with Crippen LogP contribution in [-0.4, -0.2) is 35.0 Å². The average Bonchev–Trinajstić information content (AvgIpc) is 3.31. The first-order valence-corrected chi connectivity index (χ1v) is 8.88. The molecule has 23 heavy (non-hydrogen) atoms. The first kappa shape index (κ1) is 16.2. The van der Waals surface area contributed by atoms with Gasteiger partial charge in [-0.2, -0.15) is 0 Å². The third-order valence-corrected chi connectivity index (χ3v) is 5.06. The van der Waals surface area contributed by atoms with Crippen LogP contribution in [0.2, 0.25) is 0 Å². The fraction of sp³-hybridized carbons (Fsp3) is 0.722.